The Balaban J connectivity index is 1.73. The smallest absolute Gasteiger partial charge is 0.228 e. The van der Waals surface area contributed by atoms with Crippen LogP contribution in [0.2, 0.25) is 0 Å². The van der Waals surface area contributed by atoms with Crippen LogP contribution in [0.3, 0.4) is 0 Å². The molecule has 0 radical (unpaired) electrons. The zero-order valence-electron chi connectivity index (χ0n) is 12.4. The summed E-state index contributed by atoms with van der Waals surface area (Å²) in [6.45, 7) is 1.48. The molecule has 116 valence electrons. The summed E-state index contributed by atoms with van der Waals surface area (Å²) in [7, 11) is 0. The SMILES string of the molecule is CC(=O)c1ccc(NC(=O)[C@H]2[C@H]3CC[C@@H](C3)[C@@H]2C(=O)[O-])cc1. The van der Waals surface area contributed by atoms with Gasteiger partial charge in [0.1, 0.15) is 0 Å². The predicted octanol–water partition coefficient (Wildman–Crippen LogP) is 1.24. The summed E-state index contributed by atoms with van der Waals surface area (Å²) in [6, 6.07) is 6.62. The fourth-order valence-electron chi connectivity index (χ4n) is 4.02. The van der Waals surface area contributed by atoms with Crippen LogP contribution >= 0.6 is 0 Å². The normalized spacial score (nSPS) is 29.3. The van der Waals surface area contributed by atoms with Crippen LogP contribution in [0.15, 0.2) is 24.3 Å². The summed E-state index contributed by atoms with van der Waals surface area (Å²) in [5, 5.41) is 14.1. The standard InChI is InChI=1S/C17H19NO4/c1-9(19)10-4-6-13(7-5-10)18-16(20)14-11-2-3-12(8-11)15(14)17(21)22/h4-7,11-12,14-15H,2-3,8H2,1H3,(H,18,20)(H,21,22)/p-1/t11-,12-,14-,15-/m0/s1. The molecule has 1 amide bonds. The van der Waals surface area contributed by atoms with Gasteiger partial charge in [0.2, 0.25) is 5.91 Å². The molecule has 1 aromatic carbocycles. The molecule has 2 aliphatic carbocycles. The molecule has 0 spiro atoms. The van der Waals surface area contributed by atoms with Gasteiger partial charge in [-0.25, -0.2) is 0 Å². The molecule has 1 N–H and O–H groups in total. The average molecular weight is 300 g/mol. The van der Waals surface area contributed by atoms with Gasteiger partial charge in [-0.15, -0.1) is 0 Å². The number of benzene rings is 1. The second-order valence-electron chi connectivity index (χ2n) is 6.33. The minimum absolute atomic E-state index is 0.0389. The van der Waals surface area contributed by atoms with Gasteiger partial charge in [0, 0.05) is 29.1 Å². The minimum Gasteiger partial charge on any atom is -0.550 e. The Hall–Kier alpha value is -2.17. The number of ketones is 1. The van der Waals surface area contributed by atoms with Gasteiger partial charge in [-0.3, -0.25) is 9.59 Å². The molecule has 0 unspecified atom stereocenters. The monoisotopic (exact) mass is 300 g/mol. The number of carbonyl (C=O) groups excluding carboxylic acids is 3. The van der Waals surface area contributed by atoms with E-state index in [9.17, 15) is 19.5 Å². The number of carboxylic acid groups (broad SMARTS) is 1. The van der Waals surface area contributed by atoms with E-state index in [1.165, 1.54) is 6.92 Å². The molecule has 5 heteroatoms. The van der Waals surface area contributed by atoms with Gasteiger partial charge < -0.3 is 15.2 Å². The highest BCUT2D eigenvalue weighted by atomic mass is 16.4. The molecule has 4 atom stereocenters. The van der Waals surface area contributed by atoms with Gasteiger partial charge in [-0.05, 0) is 62.3 Å². The number of carbonyl (C=O) groups is 3. The van der Waals surface area contributed by atoms with Gasteiger partial charge in [0.15, 0.2) is 5.78 Å². The lowest BCUT2D eigenvalue weighted by atomic mass is 9.78. The topological polar surface area (TPSA) is 86.3 Å². The van der Waals surface area contributed by atoms with E-state index < -0.39 is 17.8 Å². The molecule has 0 aliphatic heterocycles. The summed E-state index contributed by atoms with van der Waals surface area (Å²) >= 11 is 0. The highest BCUT2D eigenvalue weighted by Crippen LogP contribution is 2.52. The second kappa shape index (κ2) is 5.55. The first kappa shape index (κ1) is 14.8. The Bertz CT molecular complexity index is 622. The van der Waals surface area contributed by atoms with Crippen LogP contribution in [0.1, 0.15) is 36.5 Å². The number of carboxylic acids is 1. The van der Waals surface area contributed by atoms with E-state index in [4.69, 9.17) is 0 Å². The van der Waals surface area contributed by atoms with Gasteiger partial charge in [0.25, 0.3) is 0 Å². The van der Waals surface area contributed by atoms with Crippen molar-refractivity contribution >= 4 is 23.3 Å². The summed E-state index contributed by atoms with van der Waals surface area (Å²) in [5.41, 5.74) is 1.15. The number of fused-ring (bicyclic) bond motifs is 2. The number of hydrogen-bond donors (Lipinski definition) is 1. The van der Waals surface area contributed by atoms with Gasteiger partial charge in [-0.2, -0.15) is 0 Å². The number of anilines is 1. The second-order valence-corrected chi connectivity index (χ2v) is 6.33. The van der Waals surface area contributed by atoms with Crippen LogP contribution in [0.4, 0.5) is 5.69 Å². The maximum Gasteiger partial charge on any atom is 0.228 e. The van der Waals surface area contributed by atoms with Crippen molar-refractivity contribution in [1.82, 2.24) is 0 Å². The van der Waals surface area contributed by atoms with Crippen molar-refractivity contribution in [1.29, 1.82) is 0 Å². The number of aliphatic carboxylic acids is 1. The minimum atomic E-state index is -1.11. The quantitative estimate of drug-likeness (QED) is 0.848. The zero-order chi connectivity index (χ0) is 15.9. The summed E-state index contributed by atoms with van der Waals surface area (Å²) in [4.78, 5) is 35.1. The molecule has 1 aromatic rings. The first-order valence-corrected chi connectivity index (χ1v) is 7.60. The van der Waals surface area contributed by atoms with E-state index in [0.717, 1.165) is 19.3 Å². The average Bonchev–Trinajstić information content (AvgIpc) is 3.08. The molecule has 0 heterocycles. The Labute approximate surface area is 128 Å². The van der Waals surface area contributed by atoms with E-state index in [1.807, 2.05) is 0 Å². The molecule has 2 aliphatic rings. The Morgan fingerprint density at radius 2 is 1.64 bits per heavy atom. The lowest BCUT2D eigenvalue weighted by Crippen LogP contribution is -2.43. The number of nitrogens with one attached hydrogen (secondary N) is 1. The van der Waals surface area contributed by atoms with Crippen molar-refractivity contribution in [3.05, 3.63) is 29.8 Å². The lowest BCUT2D eigenvalue weighted by molar-refractivity contribution is -0.314. The first-order chi connectivity index (χ1) is 10.5. The maximum atomic E-state index is 12.5. The fraction of sp³-hybridized carbons (Fsp3) is 0.471. The van der Waals surface area contributed by atoms with Crippen molar-refractivity contribution in [3.63, 3.8) is 0 Å². The Morgan fingerprint density at radius 3 is 2.18 bits per heavy atom. The molecular weight excluding hydrogens is 282 g/mol. The molecule has 2 bridgehead atoms. The third-order valence-corrected chi connectivity index (χ3v) is 5.05. The maximum absolute atomic E-state index is 12.5. The van der Waals surface area contributed by atoms with Crippen LogP contribution in [0, 0.1) is 23.7 Å². The largest absolute Gasteiger partial charge is 0.550 e. The van der Waals surface area contributed by atoms with Crippen LogP contribution in [0.25, 0.3) is 0 Å². The van der Waals surface area contributed by atoms with E-state index in [-0.39, 0.29) is 23.5 Å². The van der Waals surface area contributed by atoms with E-state index in [2.05, 4.69) is 5.32 Å². The van der Waals surface area contributed by atoms with Crippen molar-refractivity contribution in [3.8, 4) is 0 Å². The highest BCUT2D eigenvalue weighted by molar-refractivity contribution is 5.97. The predicted molar refractivity (Wildman–Crippen MR) is 77.9 cm³/mol. The Morgan fingerprint density at radius 1 is 1.05 bits per heavy atom. The van der Waals surface area contributed by atoms with Crippen LogP contribution < -0.4 is 10.4 Å². The molecular formula is C17H18NO4-. The van der Waals surface area contributed by atoms with Crippen molar-refractivity contribution in [2.24, 2.45) is 23.7 Å². The van der Waals surface area contributed by atoms with Gasteiger partial charge in [0.05, 0.1) is 0 Å². The van der Waals surface area contributed by atoms with Crippen LogP contribution in [0.5, 0.6) is 0 Å². The number of amides is 1. The molecule has 2 fully saturated rings. The van der Waals surface area contributed by atoms with Gasteiger partial charge >= 0.3 is 0 Å². The lowest BCUT2D eigenvalue weighted by Gasteiger charge is -2.30. The summed E-state index contributed by atoms with van der Waals surface area (Å²) in [6.07, 6.45) is 2.59. The van der Waals surface area contributed by atoms with E-state index in [0.29, 0.717) is 11.3 Å². The fourth-order valence-corrected chi connectivity index (χ4v) is 4.02. The van der Waals surface area contributed by atoms with Crippen molar-refractivity contribution in [2.75, 3.05) is 5.32 Å². The third-order valence-electron chi connectivity index (χ3n) is 5.05. The number of hydrogen-bond acceptors (Lipinski definition) is 4. The molecule has 0 aromatic heterocycles. The van der Waals surface area contributed by atoms with Crippen molar-refractivity contribution < 1.29 is 19.5 Å². The molecule has 5 nitrogen and oxygen atoms in total. The van der Waals surface area contributed by atoms with Gasteiger partial charge in [-0.1, -0.05) is 0 Å². The molecule has 22 heavy (non-hydrogen) atoms. The zero-order valence-corrected chi connectivity index (χ0v) is 12.4. The molecule has 0 saturated heterocycles. The Kier molecular flexibility index (Phi) is 3.72. The molecule has 3 rings (SSSR count). The highest BCUT2D eigenvalue weighted by Gasteiger charge is 2.51. The first-order valence-electron chi connectivity index (χ1n) is 7.60. The number of rotatable bonds is 4. The molecule has 2 saturated carbocycles. The van der Waals surface area contributed by atoms with E-state index >= 15 is 0 Å². The van der Waals surface area contributed by atoms with E-state index in [1.54, 1.807) is 24.3 Å². The third kappa shape index (κ3) is 2.51. The van der Waals surface area contributed by atoms with Crippen LogP contribution in [-0.2, 0) is 9.59 Å². The number of Topliss-reactive ketones (excluding diaryl/α,β-unsaturated/α-hetero) is 1. The summed E-state index contributed by atoms with van der Waals surface area (Å²) in [5.74, 6) is -2.36. The summed E-state index contributed by atoms with van der Waals surface area (Å²) < 4.78 is 0. The van der Waals surface area contributed by atoms with Crippen molar-refractivity contribution in [2.45, 2.75) is 26.2 Å². The van der Waals surface area contributed by atoms with Crippen LogP contribution in [-0.4, -0.2) is 17.7 Å².